The average molecular weight is 380 g/mol. The number of rotatable bonds is 5. The van der Waals surface area contributed by atoms with Crippen LogP contribution in [0.3, 0.4) is 0 Å². The number of fused-ring (bicyclic) bond motifs is 1. The van der Waals surface area contributed by atoms with E-state index < -0.39 is 0 Å². The van der Waals surface area contributed by atoms with E-state index in [1.54, 1.807) is 14.2 Å². The first-order valence-corrected chi connectivity index (χ1v) is 9.62. The van der Waals surface area contributed by atoms with Crippen LogP contribution in [0.25, 0.3) is 10.6 Å². The lowest BCUT2D eigenvalue weighted by molar-refractivity contribution is -0.117. The summed E-state index contributed by atoms with van der Waals surface area (Å²) in [4.78, 5) is 19.3. The van der Waals surface area contributed by atoms with E-state index >= 15 is 0 Å². The van der Waals surface area contributed by atoms with Gasteiger partial charge in [-0.15, -0.1) is 11.3 Å². The van der Waals surface area contributed by atoms with Crippen molar-refractivity contribution in [2.24, 2.45) is 0 Å². The molecule has 0 spiro atoms. The van der Waals surface area contributed by atoms with Crippen LogP contribution >= 0.6 is 11.3 Å². The van der Waals surface area contributed by atoms with Crippen molar-refractivity contribution in [2.45, 2.75) is 12.8 Å². The van der Waals surface area contributed by atoms with Crippen molar-refractivity contribution >= 4 is 22.9 Å². The maximum absolute atomic E-state index is 12.8. The topological polar surface area (TPSA) is 51.7 Å². The fourth-order valence-electron chi connectivity index (χ4n) is 3.34. The number of aromatic nitrogens is 1. The molecule has 0 aliphatic carbocycles. The molecule has 0 radical (unpaired) electrons. The summed E-state index contributed by atoms with van der Waals surface area (Å²) in [6.07, 6.45) is 1.22. The van der Waals surface area contributed by atoms with Crippen LogP contribution in [0.1, 0.15) is 11.3 Å². The summed E-state index contributed by atoms with van der Waals surface area (Å²) in [6, 6.07) is 13.8. The molecule has 1 aliphatic rings. The first kappa shape index (κ1) is 17.5. The van der Waals surface area contributed by atoms with Crippen LogP contribution in [-0.2, 0) is 17.6 Å². The van der Waals surface area contributed by atoms with Crippen molar-refractivity contribution in [1.29, 1.82) is 0 Å². The van der Waals surface area contributed by atoms with E-state index in [4.69, 9.17) is 9.47 Å². The summed E-state index contributed by atoms with van der Waals surface area (Å²) in [7, 11) is 3.22. The molecule has 3 aromatic rings. The second kappa shape index (κ2) is 7.40. The van der Waals surface area contributed by atoms with Crippen LogP contribution < -0.4 is 14.4 Å². The predicted molar refractivity (Wildman–Crippen MR) is 107 cm³/mol. The number of para-hydroxylation sites is 1. The molecule has 0 N–H and O–H groups in total. The van der Waals surface area contributed by atoms with Gasteiger partial charge >= 0.3 is 0 Å². The predicted octanol–water partition coefficient (Wildman–Crippen LogP) is 3.96. The molecule has 1 amide bonds. The molecular weight excluding hydrogens is 360 g/mol. The average Bonchev–Trinajstić information content (AvgIpc) is 3.34. The number of methoxy groups -OCH3 is 2. The monoisotopic (exact) mass is 380 g/mol. The zero-order valence-electron chi connectivity index (χ0n) is 15.3. The molecular formula is C21H20N2O3S. The number of ether oxygens (including phenoxy) is 2. The van der Waals surface area contributed by atoms with Gasteiger partial charge in [-0.25, -0.2) is 4.98 Å². The second-order valence-corrected chi connectivity index (χ2v) is 7.17. The first-order valence-electron chi connectivity index (χ1n) is 8.74. The van der Waals surface area contributed by atoms with Crippen molar-refractivity contribution in [1.82, 2.24) is 4.98 Å². The van der Waals surface area contributed by atoms with Crippen LogP contribution in [0.4, 0.5) is 5.69 Å². The van der Waals surface area contributed by atoms with E-state index in [1.165, 1.54) is 16.9 Å². The Hall–Kier alpha value is -2.86. The smallest absolute Gasteiger partial charge is 0.233 e. The van der Waals surface area contributed by atoms with E-state index in [0.29, 0.717) is 17.9 Å². The molecule has 0 saturated carbocycles. The zero-order chi connectivity index (χ0) is 18.8. The Morgan fingerprint density at radius 3 is 2.78 bits per heavy atom. The number of thiazole rings is 1. The molecule has 0 unspecified atom stereocenters. The zero-order valence-corrected chi connectivity index (χ0v) is 16.1. The van der Waals surface area contributed by atoms with E-state index in [0.717, 1.165) is 34.9 Å². The third-order valence-corrected chi connectivity index (χ3v) is 5.64. The molecule has 1 aromatic heterocycles. The van der Waals surface area contributed by atoms with Gasteiger partial charge < -0.3 is 14.4 Å². The van der Waals surface area contributed by atoms with E-state index in [9.17, 15) is 4.79 Å². The molecule has 2 heterocycles. The van der Waals surface area contributed by atoms with Crippen molar-refractivity contribution in [2.75, 3.05) is 25.7 Å². The highest BCUT2D eigenvalue weighted by Crippen LogP contribution is 2.34. The van der Waals surface area contributed by atoms with Gasteiger partial charge in [-0.2, -0.15) is 0 Å². The molecule has 0 bridgehead atoms. The number of hydrogen-bond donors (Lipinski definition) is 0. The minimum absolute atomic E-state index is 0.0871. The summed E-state index contributed by atoms with van der Waals surface area (Å²) in [5, 5.41) is 2.81. The van der Waals surface area contributed by atoms with Gasteiger partial charge in [-0.3, -0.25) is 4.79 Å². The summed E-state index contributed by atoms with van der Waals surface area (Å²) < 4.78 is 10.6. The number of benzene rings is 2. The lowest BCUT2D eigenvalue weighted by atomic mass is 10.2. The second-order valence-electron chi connectivity index (χ2n) is 6.31. The third kappa shape index (κ3) is 3.40. The molecule has 1 aliphatic heterocycles. The molecule has 0 fully saturated rings. The Bertz CT molecular complexity index is 983. The summed E-state index contributed by atoms with van der Waals surface area (Å²) in [6.45, 7) is 0.741. The molecule has 6 heteroatoms. The van der Waals surface area contributed by atoms with Crippen LogP contribution in [0.15, 0.2) is 47.8 Å². The first-order chi connectivity index (χ1) is 13.2. The Balaban J connectivity index is 1.51. The maximum atomic E-state index is 12.8. The number of hydrogen-bond acceptors (Lipinski definition) is 5. The van der Waals surface area contributed by atoms with Crippen molar-refractivity contribution in [3.8, 4) is 22.1 Å². The lowest BCUT2D eigenvalue weighted by Crippen LogP contribution is -2.30. The van der Waals surface area contributed by atoms with Crippen LogP contribution in [0.5, 0.6) is 11.5 Å². The number of carbonyl (C=O) groups is 1. The number of carbonyl (C=O) groups excluding carboxylic acids is 1. The largest absolute Gasteiger partial charge is 0.493 e. The van der Waals surface area contributed by atoms with Crippen LogP contribution in [0.2, 0.25) is 0 Å². The molecule has 4 rings (SSSR count). The molecule has 0 atom stereocenters. The van der Waals surface area contributed by atoms with E-state index in [1.807, 2.05) is 46.7 Å². The summed E-state index contributed by atoms with van der Waals surface area (Å²) in [5.74, 6) is 1.43. The van der Waals surface area contributed by atoms with Crippen molar-refractivity contribution < 1.29 is 14.3 Å². The van der Waals surface area contributed by atoms with Crippen LogP contribution in [-0.4, -0.2) is 31.7 Å². The van der Waals surface area contributed by atoms with E-state index in [-0.39, 0.29) is 5.91 Å². The van der Waals surface area contributed by atoms with Gasteiger partial charge in [0.15, 0.2) is 11.5 Å². The lowest BCUT2D eigenvalue weighted by Gasteiger charge is -2.16. The Labute approximate surface area is 162 Å². The summed E-state index contributed by atoms with van der Waals surface area (Å²) in [5.41, 5.74) is 4.00. The molecule has 0 saturated heterocycles. The van der Waals surface area contributed by atoms with Gasteiger partial charge in [0.25, 0.3) is 0 Å². The fourth-order valence-corrected chi connectivity index (χ4v) is 4.15. The number of anilines is 1. The number of amides is 1. The number of nitrogens with zero attached hydrogens (tertiary/aromatic N) is 2. The van der Waals surface area contributed by atoms with E-state index in [2.05, 4.69) is 11.1 Å². The quantitative estimate of drug-likeness (QED) is 0.672. The van der Waals surface area contributed by atoms with Gasteiger partial charge in [0, 0.05) is 23.2 Å². The molecule has 2 aromatic carbocycles. The SMILES string of the molecule is COc1ccc(-c2nc(CC(=O)N3CCc4ccccc43)cs2)cc1OC. The van der Waals surface area contributed by atoms with Gasteiger partial charge in [0.2, 0.25) is 5.91 Å². The highest BCUT2D eigenvalue weighted by Gasteiger charge is 2.24. The van der Waals surface area contributed by atoms with Gasteiger partial charge in [-0.1, -0.05) is 18.2 Å². The maximum Gasteiger partial charge on any atom is 0.233 e. The normalized spacial score (nSPS) is 12.7. The highest BCUT2D eigenvalue weighted by molar-refractivity contribution is 7.13. The fraction of sp³-hybridized carbons (Fsp3) is 0.238. The van der Waals surface area contributed by atoms with Gasteiger partial charge in [0.1, 0.15) is 5.01 Å². The molecule has 5 nitrogen and oxygen atoms in total. The Morgan fingerprint density at radius 1 is 1.15 bits per heavy atom. The van der Waals surface area contributed by atoms with Gasteiger partial charge in [-0.05, 0) is 36.2 Å². The minimum atomic E-state index is 0.0871. The standard InChI is InChI=1S/C21H20N2O3S/c1-25-18-8-7-15(11-19(18)26-2)21-22-16(13-27-21)12-20(24)23-10-9-14-5-3-4-6-17(14)23/h3-8,11,13H,9-10,12H2,1-2H3. The highest BCUT2D eigenvalue weighted by atomic mass is 32.1. The van der Waals surface area contributed by atoms with Crippen molar-refractivity contribution in [3.63, 3.8) is 0 Å². The minimum Gasteiger partial charge on any atom is -0.493 e. The van der Waals surface area contributed by atoms with Crippen molar-refractivity contribution in [3.05, 3.63) is 59.1 Å². The van der Waals surface area contributed by atoms with Crippen LogP contribution in [0, 0.1) is 0 Å². The molecule has 138 valence electrons. The Kier molecular flexibility index (Phi) is 4.81. The summed E-state index contributed by atoms with van der Waals surface area (Å²) >= 11 is 1.53. The molecule has 27 heavy (non-hydrogen) atoms. The van der Waals surface area contributed by atoms with Gasteiger partial charge in [0.05, 0.1) is 26.3 Å². The third-order valence-electron chi connectivity index (χ3n) is 4.70. The Morgan fingerprint density at radius 2 is 1.96 bits per heavy atom.